The molecule has 3 rings (SSSR count). The maximum atomic E-state index is 12.2. The molecule has 1 aromatic rings. The lowest BCUT2D eigenvalue weighted by Crippen LogP contribution is -2.32. The number of hydrogen-bond acceptors (Lipinski definition) is 3. The number of carbonyl (C=O) groups excluding carboxylic acids is 3. The molecule has 98 valence electrons. The molecule has 2 fully saturated rings. The lowest BCUT2D eigenvalue weighted by Gasteiger charge is -2.15. The van der Waals surface area contributed by atoms with Crippen LogP contribution in [0.3, 0.4) is 0 Å². The zero-order valence-electron chi connectivity index (χ0n) is 10.8. The first-order valence-corrected chi connectivity index (χ1v) is 6.17. The summed E-state index contributed by atoms with van der Waals surface area (Å²) in [6.45, 7) is 1.44. The molecule has 0 radical (unpaired) electrons. The summed E-state index contributed by atoms with van der Waals surface area (Å²) in [5.74, 6) is -0.538. The molecule has 2 atom stereocenters. The molecular formula is C14H14N2O3. The molecule has 3 amide bonds. The summed E-state index contributed by atoms with van der Waals surface area (Å²) in [4.78, 5) is 36.1. The van der Waals surface area contributed by atoms with E-state index >= 15 is 0 Å². The van der Waals surface area contributed by atoms with Crippen LogP contribution in [0.1, 0.15) is 18.9 Å². The number of rotatable bonds is 2. The average molecular weight is 258 g/mol. The number of fused-ring (bicyclic) bond motifs is 1. The molecular weight excluding hydrogens is 244 g/mol. The topological polar surface area (TPSA) is 66.5 Å². The van der Waals surface area contributed by atoms with Gasteiger partial charge in [-0.3, -0.25) is 19.3 Å². The van der Waals surface area contributed by atoms with E-state index in [-0.39, 0.29) is 23.6 Å². The summed E-state index contributed by atoms with van der Waals surface area (Å²) in [5, 5.41) is 2.68. The van der Waals surface area contributed by atoms with Crippen molar-refractivity contribution in [3.63, 3.8) is 0 Å². The molecule has 1 N–H and O–H groups in total. The zero-order chi connectivity index (χ0) is 13.8. The first-order valence-electron chi connectivity index (χ1n) is 6.17. The number of benzene rings is 1. The van der Waals surface area contributed by atoms with Crippen LogP contribution < -0.4 is 5.32 Å². The Morgan fingerprint density at radius 1 is 1.32 bits per heavy atom. The van der Waals surface area contributed by atoms with Crippen molar-refractivity contribution in [2.75, 3.05) is 12.4 Å². The summed E-state index contributed by atoms with van der Waals surface area (Å²) in [5.41, 5.74) is 0.907. The molecule has 1 saturated carbocycles. The molecule has 0 aromatic heterocycles. The first-order chi connectivity index (χ1) is 8.96. The van der Waals surface area contributed by atoms with Crippen molar-refractivity contribution in [3.8, 4) is 0 Å². The summed E-state index contributed by atoms with van der Waals surface area (Å²) < 4.78 is 0. The minimum absolute atomic E-state index is 0.0871. The van der Waals surface area contributed by atoms with Crippen LogP contribution in [0, 0.1) is 5.92 Å². The highest BCUT2D eigenvalue weighted by Gasteiger charge is 2.71. The number of nitrogens with zero attached hydrogens (tertiary/aromatic N) is 1. The van der Waals surface area contributed by atoms with Gasteiger partial charge in [0.05, 0.1) is 11.3 Å². The van der Waals surface area contributed by atoms with Crippen LogP contribution in [0.2, 0.25) is 0 Å². The molecule has 1 aromatic carbocycles. The minimum atomic E-state index is -0.638. The van der Waals surface area contributed by atoms with Crippen molar-refractivity contribution in [2.24, 2.45) is 5.92 Å². The van der Waals surface area contributed by atoms with Crippen molar-refractivity contribution < 1.29 is 14.4 Å². The van der Waals surface area contributed by atoms with Crippen LogP contribution in [0.4, 0.5) is 5.69 Å². The Hall–Kier alpha value is -2.17. The van der Waals surface area contributed by atoms with Gasteiger partial charge in [-0.05, 0) is 24.1 Å². The molecule has 1 saturated heterocycles. The fourth-order valence-corrected chi connectivity index (χ4v) is 2.93. The van der Waals surface area contributed by atoms with Crippen molar-refractivity contribution in [3.05, 3.63) is 29.8 Å². The Balaban J connectivity index is 1.90. The van der Waals surface area contributed by atoms with Gasteiger partial charge in [0.25, 0.3) is 0 Å². The van der Waals surface area contributed by atoms with Gasteiger partial charge in [-0.25, -0.2) is 0 Å². The third-order valence-corrected chi connectivity index (χ3v) is 4.00. The highest BCUT2D eigenvalue weighted by atomic mass is 16.2. The van der Waals surface area contributed by atoms with Crippen LogP contribution in [-0.2, 0) is 19.8 Å². The fraction of sp³-hybridized carbons (Fsp3) is 0.357. The lowest BCUT2D eigenvalue weighted by atomic mass is 9.94. The van der Waals surface area contributed by atoms with Crippen LogP contribution in [-0.4, -0.2) is 29.7 Å². The van der Waals surface area contributed by atoms with Gasteiger partial charge in [-0.2, -0.15) is 0 Å². The van der Waals surface area contributed by atoms with Gasteiger partial charge in [0.15, 0.2) is 0 Å². The number of imide groups is 1. The van der Waals surface area contributed by atoms with E-state index < -0.39 is 5.41 Å². The van der Waals surface area contributed by atoms with Crippen LogP contribution in [0.25, 0.3) is 0 Å². The van der Waals surface area contributed by atoms with Gasteiger partial charge >= 0.3 is 0 Å². The van der Waals surface area contributed by atoms with E-state index in [1.165, 1.54) is 18.9 Å². The van der Waals surface area contributed by atoms with Crippen LogP contribution in [0.5, 0.6) is 0 Å². The second kappa shape index (κ2) is 3.66. The molecule has 5 heteroatoms. The normalized spacial score (nSPS) is 28.3. The van der Waals surface area contributed by atoms with Gasteiger partial charge in [-0.15, -0.1) is 0 Å². The van der Waals surface area contributed by atoms with E-state index in [0.717, 1.165) is 5.56 Å². The molecule has 2 aliphatic rings. The Labute approximate surface area is 110 Å². The Bertz CT molecular complexity index is 593. The standard InChI is InChI=1S/C14H14N2O3/c1-8(17)15-10-5-3-9(4-6-10)14-7-11(14)12(18)16(2)13(14)19/h3-6,11H,7H2,1-2H3,(H,15,17). The summed E-state index contributed by atoms with van der Waals surface area (Å²) in [7, 11) is 1.53. The number of nitrogens with one attached hydrogen (secondary N) is 1. The predicted octanol–water partition coefficient (Wildman–Crippen LogP) is 0.901. The Morgan fingerprint density at radius 3 is 2.42 bits per heavy atom. The van der Waals surface area contributed by atoms with E-state index in [4.69, 9.17) is 0 Å². The van der Waals surface area contributed by atoms with Gasteiger partial charge in [0.1, 0.15) is 0 Å². The fourth-order valence-electron chi connectivity index (χ4n) is 2.93. The quantitative estimate of drug-likeness (QED) is 0.801. The number of hydrogen-bond donors (Lipinski definition) is 1. The molecule has 1 aliphatic carbocycles. The van der Waals surface area contributed by atoms with E-state index in [0.29, 0.717) is 12.1 Å². The van der Waals surface area contributed by atoms with E-state index in [9.17, 15) is 14.4 Å². The van der Waals surface area contributed by atoms with Crippen LogP contribution >= 0.6 is 0 Å². The number of likely N-dealkylation sites (N-methyl/N-ethyl adjacent to an activating group) is 1. The maximum absolute atomic E-state index is 12.2. The maximum Gasteiger partial charge on any atom is 0.240 e. The largest absolute Gasteiger partial charge is 0.326 e. The second-order valence-corrected chi connectivity index (χ2v) is 5.19. The van der Waals surface area contributed by atoms with Gasteiger partial charge in [0.2, 0.25) is 17.7 Å². The van der Waals surface area contributed by atoms with Gasteiger partial charge in [0, 0.05) is 19.7 Å². The summed E-state index contributed by atoms with van der Waals surface area (Å²) in [6.07, 6.45) is 0.606. The molecule has 19 heavy (non-hydrogen) atoms. The van der Waals surface area contributed by atoms with Gasteiger partial charge < -0.3 is 5.32 Å². The van der Waals surface area contributed by atoms with E-state index in [1.807, 2.05) is 12.1 Å². The monoisotopic (exact) mass is 258 g/mol. The molecule has 5 nitrogen and oxygen atoms in total. The van der Waals surface area contributed by atoms with Crippen molar-refractivity contribution in [1.82, 2.24) is 4.90 Å². The molecule has 0 bridgehead atoms. The van der Waals surface area contributed by atoms with E-state index in [2.05, 4.69) is 5.32 Å². The minimum Gasteiger partial charge on any atom is -0.326 e. The molecule has 1 aliphatic heterocycles. The smallest absolute Gasteiger partial charge is 0.240 e. The third kappa shape index (κ3) is 1.51. The summed E-state index contributed by atoms with van der Waals surface area (Å²) >= 11 is 0. The van der Waals surface area contributed by atoms with Crippen molar-refractivity contribution in [2.45, 2.75) is 18.8 Å². The number of amides is 3. The Morgan fingerprint density at radius 2 is 1.95 bits per heavy atom. The van der Waals surface area contributed by atoms with E-state index in [1.54, 1.807) is 12.1 Å². The first kappa shape index (κ1) is 11.9. The Kier molecular flexibility index (Phi) is 2.29. The molecule has 2 unspecified atom stereocenters. The summed E-state index contributed by atoms with van der Waals surface area (Å²) in [6, 6.07) is 7.15. The highest BCUT2D eigenvalue weighted by Crippen LogP contribution is 2.60. The highest BCUT2D eigenvalue weighted by molar-refractivity contribution is 6.14. The van der Waals surface area contributed by atoms with Crippen molar-refractivity contribution in [1.29, 1.82) is 0 Å². The number of anilines is 1. The average Bonchev–Trinajstić information content (AvgIpc) is 3.08. The van der Waals surface area contributed by atoms with Gasteiger partial charge in [-0.1, -0.05) is 12.1 Å². The lowest BCUT2D eigenvalue weighted by molar-refractivity contribution is -0.140. The second-order valence-electron chi connectivity index (χ2n) is 5.19. The number of piperidine rings is 1. The SMILES string of the molecule is CC(=O)Nc1ccc(C23CC2C(=O)N(C)C3=O)cc1. The predicted molar refractivity (Wildman–Crippen MR) is 68.3 cm³/mol. The number of carbonyl (C=O) groups is 3. The zero-order valence-corrected chi connectivity index (χ0v) is 10.8. The molecule has 0 spiro atoms. The third-order valence-electron chi connectivity index (χ3n) is 4.00. The van der Waals surface area contributed by atoms with Crippen LogP contribution in [0.15, 0.2) is 24.3 Å². The van der Waals surface area contributed by atoms with Crippen molar-refractivity contribution >= 4 is 23.4 Å². The molecule has 1 heterocycles. The number of likely N-dealkylation sites (tertiary alicyclic amines) is 1.